The Kier molecular flexibility index (Phi) is 4.17. The van der Waals surface area contributed by atoms with Crippen LogP contribution in [-0.2, 0) is 4.79 Å². The molecule has 0 atom stereocenters. The summed E-state index contributed by atoms with van der Waals surface area (Å²) < 4.78 is 5.35. The summed E-state index contributed by atoms with van der Waals surface area (Å²) in [6.45, 7) is 4.77. The Labute approximate surface area is 84.9 Å². The molecule has 0 aliphatic rings. The summed E-state index contributed by atoms with van der Waals surface area (Å²) in [7, 11) is 0. The topological polar surface area (TPSA) is 26.3 Å². The quantitative estimate of drug-likeness (QED) is 0.529. The van der Waals surface area contributed by atoms with Crippen molar-refractivity contribution in [3.05, 3.63) is 29.8 Å². The van der Waals surface area contributed by atoms with Crippen molar-refractivity contribution in [3.63, 3.8) is 0 Å². The van der Waals surface area contributed by atoms with Gasteiger partial charge in [-0.1, -0.05) is 26.0 Å². The molecule has 2 heteroatoms. The molecular formula is C12H16O2. The largest absolute Gasteiger partial charge is 0.493 e. The molecule has 0 amide bonds. The average molecular weight is 192 g/mol. The summed E-state index contributed by atoms with van der Waals surface area (Å²) in [4.78, 5) is 10.1. The van der Waals surface area contributed by atoms with E-state index in [1.54, 1.807) is 0 Å². The van der Waals surface area contributed by atoms with E-state index >= 15 is 0 Å². The van der Waals surface area contributed by atoms with E-state index in [4.69, 9.17) is 4.74 Å². The van der Waals surface area contributed by atoms with Gasteiger partial charge in [0.25, 0.3) is 0 Å². The Bertz CT molecular complexity index is 275. The maximum atomic E-state index is 10.1. The predicted molar refractivity (Wildman–Crippen MR) is 56.7 cm³/mol. The van der Waals surface area contributed by atoms with Gasteiger partial charge in [0, 0.05) is 6.42 Å². The second-order valence-electron chi connectivity index (χ2n) is 3.53. The molecule has 0 heterocycles. The standard InChI is InChI=1S/C12H16O2/c1-10(2)11-4-6-12(7-5-11)14-9-3-8-13/h4-8,10H,3,9H2,1-2H3. The van der Waals surface area contributed by atoms with Gasteiger partial charge in [0.15, 0.2) is 0 Å². The Morgan fingerprint density at radius 1 is 1.29 bits per heavy atom. The number of rotatable bonds is 5. The summed E-state index contributed by atoms with van der Waals surface area (Å²) in [5.41, 5.74) is 1.30. The second-order valence-corrected chi connectivity index (χ2v) is 3.53. The van der Waals surface area contributed by atoms with E-state index in [0.29, 0.717) is 18.9 Å². The van der Waals surface area contributed by atoms with E-state index in [1.165, 1.54) is 5.56 Å². The van der Waals surface area contributed by atoms with Crippen molar-refractivity contribution < 1.29 is 9.53 Å². The van der Waals surface area contributed by atoms with Crippen LogP contribution in [0.4, 0.5) is 0 Å². The fourth-order valence-corrected chi connectivity index (χ4v) is 1.17. The molecule has 14 heavy (non-hydrogen) atoms. The summed E-state index contributed by atoms with van der Waals surface area (Å²) in [6.07, 6.45) is 1.31. The number of benzene rings is 1. The molecule has 1 aromatic rings. The van der Waals surface area contributed by atoms with Gasteiger partial charge >= 0.3 is 0 Å². The van der Waals surface area contributed by atoms with Crippen molar-refractivity contribution in [2.75, 3.05) is 6.61 Å². The third-order valence-corrected chi connectivity index (χ3v) is 2.05. The Balaban J connectivity index is 2.51. The van der Waals surface area contributed by atoms with Gasteiger partial charge in [-0.15, -0.1) is 0 Å². The fourth-order valence-electron chi connectivity index (χ4n) is 1.17. The van der Waals surface area contributed by atoms with E-state index in [9.17, 15) is 4.79 Å². The first kappa shape index (κ1) is 10.8. The van der Waals surface area contributed by atoms with Gasteiger partial charge in [-0.2, -0.15) is 0 Å². The zero-order chi connectivity index (χ0) is 10.4. The number of hydrogen-bond donors (Lipinski definition) is 0. The smallest absolute Gasteiger partial charge is 0.123 e. The molecule has 0 aromatic heterocycles. The lowest BCUT2D eigenvalue weighted by atomic mass is 10.0. The summed E-state index contributed by atoms with van der Waals surface area (Å²) in [6, 6.07) is 8.00. The molecular weight excluding hydrogens is 176 g/mol. The lowest BCUT2D eigenvalue weighted by molar-refractivity contribution is -0.108. The van der Waals surface area contributed by atoms with Gasteiger partial charge in [0.05, 0.1) is 6.61 Å². The average Bonchev–Trinajstić information content (AvgIpc) is 2.19. The van der Waals surface area contributed by atoms with Gasteiger partial charge in [0.2, 0.25) is 0 Å². The van der Waals surface area contributed by atoms with Crippen LogP contribution in [0.5, 0.6) is 5.75 Å². The normalized spacial score (nSPS) is 10.2. The molecule has 0 saturated carbocycles. The van der Waals surface area contributed by atoms with Crippen LogP contribution in [0.15, 0.2) is 24.3 Å². The maximum Gasteiger partial charge on any atom is 0.123 e. The van der Waals surface area contributed by atoms with Crippen LogP contribution >= 0.6 is 0 Å². The molecule has 1 aromatic carbocycles. The van der Waals surface area contributed by atoms with E-state index in [2.05, 4.69) is 26.0 Å². The summed E-state index contributed by atoms with van der Waals surface area (Å²) in [5, 5.41) is 0. The zero-order valence-corrected chi connectivity index (χ0v) is 8.69. The van der Waals surface area contributed by atoms with Crippen molar-refractivity contribution in [1.82, 2.24) is 0 Å². The molecule has 0 bridgehead atoms. The zero-order valence-electron chi connectivity index (χ0n) is 8.69. The second kappa shape index (κ2) is 5.43. The predicted octanol–water partition coefficient (Wildman–Crippen LogP) is 2.78. The third-order valence-electron chi connectivity index (χ3n) is 2.05. The highest BCUT2D eigenvalue weighted by molar-refractivity contribution is 5.49. The minimum atomic E-state index is 0.450. The third kappa shape index (κ3) is 3.21. The lowest BCUT2D eigenvalue weighted by Gasteiger charge is -2.07. The Morgan fingerprint density at radius 2 is 1.93 bits per heavy atom. The Morgan fingerprint density at radius 3 is 2.43 bits per heavy atom. The van der Waals surface area contributed by atoms with E-state index in [-0.39, 0.29) is 0 Å². The van der Waals surface area contributed by atoms with Gasteiger partial charge in [-0.05, 0) is 23.6 Å². The van der Waals surface area contributed by atoms with Gasteiger partial charge in [-0.3, -0.25) is 0 Å². The van der Waals surface area contributed by atoms with Crippen molar-refractivity contribution >= 4 is 6.29 Å². The molecule has 1 rings (SSSR count). The number of aldehydes is 1. The van der Waals surface area contributed by atoms with Crippen molar-refractivity contribution in [2.24, 2.45) is 0 Å². The van der Waals surface area contributed by atoms with E-state index < -0.39 is 0 Å². The molecule has 0 aliphatic carbocycles. The molecule has 0 radical (unpaired) electrons. The molecule has 2 nitrogen and oxygen atoms in total. The van der Waals surface area contributed by atoms with Crippen molar-refractivity contribution in [2.45, 2.75) is 26.2 Å². The lowest BCUT2D eigenvalue weighted by Crippen LogP contribution is -1.97. The fraction of sp³-hybridized carbons (Fsp3) is 0.417. The maximum absolute atomic E-state index is 10.1. The van der Waals surface area contributed by atoms with Crippen molar-refractivity contribution in [3.8, 4) is 5.75 Å². The monoisotopic (exact) mass is 192 g/mol. The van der Waals surface area contributed by atoms with Crippen molar-refractivity contribution in [1.29, 1.82) is 0 Å². The van der Waals surface area contributed by atoms with Crippen LogP contribution in [0.1, 0.15) is 31.7 Å². The SMILES string of the molecule is CC(C)c1ccc(OCCC=O)cc1. The number of carbonyl (C=O) groups excluding carboxylic acids is 1. The first-order valence-electron chi connectivity index (χ1n) is 4.90. The molecule has 0 N–H and O–H groups in total. The van der Waals surface area contributed by atoms with Crippen LogP contribution in [0.2, 0.25) is 0 Å². The van der Waals surface area contributed by atoms with Crippen LogP contribution in [-0.4, -0.2) is 12.9 Å². The highest BCUT2D eigenvalue weighted by atomic mass is 16.5. The molecule has 0 unspecified atom stereocenters. The molecule has 76 valence electrons. The van der Waals surface area contributed by atoms with Gasteiger partial charge < -0.3 is 9.53 Å². The molecule has 0 aliphatic heterocycles. The minimum absolute atomic E-state index is 0.450. The van der Waals surface area contributed by atoms with Crippen LogP contribution < -0.4 is 4.74 Å². The van der Waals surface area contributed by atoms with Gasteiger partial charge in [-0.25, -0.2) is 0 Å². The highest BCUT2D eigenvalue weighted by Crippen LogP contribution is 2.18. The molecule has 0 fully saturated rings. The molecule has 0 spiro atoms. The Hall–Kier alpha value is -1.31. The summed E-state index contributed by atoms with van der Waals surface area (Å²) >= 11 is 0. The van der Waals surface area contributed by atoms with E-state index in [1.807, 2.05) is 12.1 Å². The first-order chi connectivity index (χ1) is 6.74. The number of hydrogen-bond acceptors (Lipinski definition) is 2. The highest BCUT2D eigenvalue weighted by Gasteiger charge is 1.98. The van der Waals surface area contributed by atoms with Crippen LogP contribution in [0, 0.1) is 0 Å². The summed E-state index contributed by atoms with van der Waals surface area (Å²) in [5.74, 6) is 1.37. The van der Waals surface area contributed by atoms with Crippen LogP contribution in [0.25, 0.3) is 0 Å². The number of ether oxygens (including phenoxy) is 1. The van der Waals surface area contributed by atoms with Crippen LogP contribution in [0.3, 0.4) is 0 Å². The minimum Gasteiger partial charge on any atom is -0.493 e. The van der Waals surface area contributed by atoms with E-state index in [0.717, 1.165) is 12.0 Å². The first-order valence-corrected chi connectivity index (χ1v) is 4.90. The van der Waals surface area contributed by atoms with Gasteiger partial charge in [0.1, 0.15) is 12.0 Å². The molecule has 0 saturated heterocycles. The number of carbonyl (C=O) groups is 1.